The van der Waals surface area contributed by atoms with Crippen LogP contribution in [0, 0.1) is 0 Å². The van der Waals surface area contributed by atoms with Crippen molar-refractivity contribution in [1.29, 1.82) is 0 Å². The number of piperidine rings is 1. The molecule has 0 unspecified atom stereocenters. The van der Waals surface area contributed by atoms with Crippen LogP contribution in [0.4, 0.5) is 26.3 Å². The van der Waals surface area contributed by atoms with Gasteiger partial charge < -0.3 is 15.4 Å². The van der Waals surface area contributed by atoms with Gasteiger partial charge in [0.25, 0.3) is 0 Å². The number of carbonyl (C=O) groups is 1. The Labute approximate surface area is 199 Å². The Kier molecular flexibility index (Phi) is 6.65. The van der Waals surface area contributed by atoms with E-state index in [0.29, 0.717) is 44.4 Å². The summed E-state index contributed by atoms with van der Waals surface area (Å²) in [4.78, 5) is 11.8. The van der Waals surface area contributed by atoms with Gasteiger partial charge in [0.2, 0.25) is 5.91 Å². The van der Waals surface area contributed by atoms with Crippen molar-refractivity contribution in [3.05, 3.63) is 70.8 Å². The minimum absolute atomic E-state index is 0.00565. The van der Waals surface area contributed by atoms with E-state index in [1.165, 1.54) is 6.92 Å². The summed E-state index contributed by atoms with van der Waals surface area (Å²) >= 11 is 0. The molecule has 35 heavy (non-hydrogen) atoms. The van der Waals surface area contributed by atoms with Crippen LogP contribution in [0.2, 0.25) is 0 Å². The lowest BCUT2D eigenvalue weighted by Gasteiger charge is -2.46. The minimum atomic E-state index is -4.92. The van der Waals surface area contributed by atoms with E-state index in [1.54, 1.807) is 0 Å². The molecule has 3 atom stereocenters. The molecule has 2 saturated heterocycles. The standard InChI is InChI=1S/C25H26F6N2O2/c1-16(17-11-19(24(26,27)28)13-20(12-17)25(29,30)31)35-15-23(18-5-3-2-4-6-18)10-9-22(14-32-23)8-7-21(34)33-22/h2-6,11-13,16,32H,7-10,14-15H2,1H3,(H,33,34)/t16-,22+,23+/m0/s1. The van der Waals surface area contributed by atoms with Crippen LogP contribution in [0.5, 0.6) is 0 Å². The average molecular weight is 500 g/mol. The summed E-state index contributed by atoms with van der Waals surface area (Å²) in [6.45, 7) is 1.95. The monoisotopic (exact) mass is 500 g/mol. The molecule has 2 fully saturated rings. The highest BCUT2D eigenvalue weighted by atomic mass is 19.4. The van der Waals surface area contributed by atoms with Crippen molar-refractivity contribution in [1.82, 2.24) is 10.6 Å². The summed E-state index contributed by atoms with van der Waals surface area (Å²) in [6, 6.07) is 10.9. The lowest BCUT2D eigenvalue weighted by molar-refractivity contribution is -0.143. The summed E-state index contributed by atoms with van der Waals surface area (Å²) in [6.07, 6.45) is -8.49. The summed E-state index contributed by atoms with van der Waals surface area (Å²) in [5.41, 5.74) is -3.11. The van der Waals surface area contributed by atoms with Gasteiger partial charge in [0.05, 0.1) is 34.9 Å². The summed E-state index contributed by atoms with van der Waals surface area (Å²) in [7, 11) is 0. The Balaban J connectivity index is 1.58. The Bertz CT molecular complexity index is 1030. The first-order valence-electron chi connectivity index (χ1n) is 11.3. The van der Waals surface area contributed by atoms with Gasteiger partial charge in [-0.05, 0) is 55.5 Å². The average Bonchev–Trinajstić information content (AvgIpc) is 3.18. The first kappa shape index (κ1) is 25.5. The number of ether oxygens (including phenoxy) is 1. The van der Waals surface area contributed by atoms with Gasteiger partial charge in [0, 0.05) is 13.0 Å². The van der Waals surface area contributed by atoms with E-state index in [1.807, 2.05) is 30.3 Å². The number of alkyl halides is 6. The molecule has 4 nitrogen and oxygen atoms in total. The van der Waals surface area contributed by atoms with E-state index >= 15 is 0 Å². The molecule has 2 aliphatic rings. The predicted octanol–water partition coefficient (Wildman–Crippen LogP) is 5.73. The molecule has 4 rings (SSSR count). The molecule has 2 N–H and O–H groups in total. The first-order chi connectivity index (χ1) is 16.3. The highest BCUT2D eigenvalue weighted by Gasteiger charge is 2.47. The maximum absolute atomic E-state index is 13.3. The maximum Gasteiger partial charge on any atom is 0.416 e. The number of benzene rings is 2. The highest BCUT2D eigenvalue weighted by molar-refractivity contribution is 5.79. The second kappa shape index (κ2) is 9.13. The SMILES string of the molecule is C[C@H](OC[C@@]1(c2ccccc2)CC[C@]2(CCC(=O)N2)CN1)c1cc(C(F)(F)F)cc(C(F)(F)F)c1. The fourth-order valence-corrected chi connectivity index (χ4v) is 4.85. The smallest absolute Gasteiger partial charge is 0.372 e. The molecule has 1 spiro atoms. The van der Waals surface area contributed by atoms with Crippen molar-refractivity contribution >= 4 is 5.91 Å². The number of nitrogens with one attached hydrogen (secondary N) is 2. The molecule has 0 saturated carbocycles. The van der Waals surface area contributed by atoms with Gasteiger partial charge in [-0.15, -0.1) is 0 Å². The summed E-state index contributed by atoms with van der Waals surface area (Å²) in [5.74, 6) is -0.00565. The normalized spacial score (nSPS) is 26.1. The Morgan fingerprint density at radius 1 is 0.943 bits per heavy atom. The fourth-order valence-electron chi connectivity index (χ4n) is 4.85. The van der Waals surface area contributed by atoms with Gasteiger partial charge in [-0.2, -0.15) is 26.3 Å². The number of rotatable bonds is 5. The number of halogens is 6. The predicted molar refractivity (Wildman–Crippen MR) is 116 cm³/mol. The van der Waals surface area contributed by atoms with Crippen molar-refractivity contribution in [3.8, 4) is 0 Å². The molecule has 2 aromatic carbocycles. The second-order valence-electron chi connectivity index (χ2n) is 9.42. The van der Waals surface area contributed by atoms with Crippen LogP contribution in [0.25, 0.3) is 0 Å². The van der Waals surface area contributed by atoms with Gasteiger partial charge in [-0.1, -0.05) is 30.3 Å². The molecular formula is C25H26F6N2O2. The van der Waals surface area contributed by atoms with Gasteiger partial charge in [-0.3, -0.25) is 4.79 Å². The molecule has 0 bridgehead atoms. The zero-order valence-electron chi connectivity index (χ0n) is 19.0. The summed E-state index contributed by atoms with van der Waals surface area (Å²) < 4.78 is 85.6. The molecule has 2 aliphatic heterocycles. The van der Waals surface area contributed by atoms with Crippen molar-refractivity contribution in [2.24, 2.45) is 0 Å². The molecule has 0 radical (unpaired) electrons. The zero-order chi connectivity index (χ0) is 25.5. The van der Waals surface area contributed by atoms with Crippen molar-refractivity contribution in [3.63, 3.8) is 0 Å². The van der Waals surface area contributed by atoms with E-state index in [2.05, 4.69) is 10.6 Å². The van der Waals surface area contributed by atoms with Crippen LogP contribution in [0.3, 0.4) is 0 Å². The third-order valence-electron chi connectivity index (χ3n) is 7.02. The Morgan fingerprint density at radius 2 is 1.57 bits per heavy atom. The molecule has 1 amide bonds. The fraction of sp³-hybridized carbons (Fsp3) is 0.480. The number of amides is 1. The largest absolute Gasteiger partial charge is 0.416 e. The van der Waals surface area contributed by atoms with Gasteiger partial charge in [0.1, 0.15) is 0 Å². The lowest BCUT2D eigenvalue weighted by Crippen LogP contribution is -2.61. The highest BCUT2D eigenvalue weighted by Crippen LogP contribution is 2.40. The Hall–Kier alpha value is -2.59. The van der Waals surface area contributed by atoms with Crippen LogP contribution < -0.4 is 10.6 Å². The van der Waals surface area contributed by atoms with Crippen LogP contribution in [-0.2, 0) is 27.4 Å². The Morgan fingerprint density at radius 3 is 2.06 bits per heavy atom. The molecule has 0 aromatic heterocycles. The second-order valence-corrected chi connectivity index (χ2v) is 9.42. The molecule has 2 heterocycles. The third-order valence-corrected chi connectivity index (χ3v) is 7.02. The van der Waals surface area contributed by atoms with Crippen molar-refractivity contribution in [2.75, 3.05) is 13.2 Å². The zero-order valence-corrected chi connectivity index (χ0v) is 19.0. The topological polar surface area (TPSA) is 50.4 Å². The van der Waals surface area contributed by atoms with E-state index in [0.717, 1.165) is 5.56 Å². The lowest BCUT2D eigenvalue weighted by atomic mass is 9.76. The quantitative estimate of drug-likeness (QED) is 0.516. The van der Waals surface area contributed by atoms with E-state index in [9.17, 15) is 31.1 Å². The van der Waals surface area contributed by atoms with E-state index < -0.39 is 35.1 Å². The molecule has 0 aliphatic carbocycles. The van der Waals surface area contributed by atoms with Gasteiger partial charge in [-0.25, -0.2) is 0 Å². The molecule has 10 heteroatoms. The molecular weight excluding hydrogens is 474 g/mol. The number of hydrogen-bond acceptors (Lipinski definition) is 3. The van der Waals surface area contributed by atoms with Crippen LogP contribution in [0.1, 0.15) is 61.0 Å². The molecule has 2 aromatic rings. The van der Waals surface area contributed by atoms with Crippen molar-refractivity contribution in [2.45, 2.75) is 62.1 Å². The van der Waals surface area contributed by atoms with Gasteiger partial charge in [0.15, 0.2) is 0 Å². The van der Waals surface area contributed by atoms with Crippen molar-refractivity contribution < 1.29 is 35.9 Å². The van der Waals surface area contributed by atoms with E-state index in [4.69, 9.17) is 4.74 Å². The van der Waals surface area contributed by atoms with E-state index in [-0.39, 0.29) is 29.7 Å². The first-order valence-corrected chi connectivity index (χ1v) is 11.3. The van der Waals surface area contributed by atoms with Crippen LogP contribution >= 0.6 is 0 Å². The molecule has 190 valence electrons. The minimum Gasteiger partial charge on any atom is -0.372 e. The van der Waals surface area contributed by atoms with Gasteiger partial charge >= 0.3 is 12.4 Å². The number of hydrogen-bond donors (Lipinski definition) is 2. The maximum atomic E-state index is 13.3. The third kappa shape index (κ3) is 5.48. The summed E-state index contributed by atoms with van der Waals surface area (Å²) in [5, 5.41) is 6.52. The van der Waals surface area contributed by atoms with Crippen LogP contribution in [-0.4, -0.2) is 24.6 Å². The number of carbonyl (C=O) groups excluding carboxylic acids is 1. The van der Waals surface area contributed by atoms with Crippen LogP contribution in [0.15, 0.2) is 48.5 Å².